The van der Waals surface area contributed by atoms with E-state index in [-0.39, 0.29) is 18.4 Å². The molecule has 2 aromatic carbocycles. The van der Waals surface area contributed by atoms with E-state index in [9.17, 15) is 9.59 Å². The van der Waals surface area contributed by atoms with Crippen LogP contribution in [0.3, 0.4) is 0 Å². The first kappa shape index (κ1) is 28.8. The first-order valence-corrected chi connectivity index (χ1v) is 14.7. The first-order chi connectivity index (χ1) is 19.1. The fraction of sp³-hybridized carbons (Fsp3) is 0.419. The lowest BCUT2D eigenvalue weighted by atomic mass is 10.1. The Morgan fingerprint density at radius 3 is 2.41 bits per heavy atom. The zero-order valence-electron chi connectivity index (χ0n) is 22.8. The van der Waals surface area contributed by atoms with Gasteiger partial charge >= 0.3 is 0 Å². The summed E-state index contributed by atoms with van der Waals surface area (Å²) in [5.41, 5.74) is 1.62. The van der Waals surface area contributed by atoms with E-state index in [1.807, 2.05) is 64.9 Å². The van der Waals surface area contributed by atoms with Crippen LogP contribution in [0.4, 0.5) is 0 Å². The van der Waals surface area contributed by atoms with Crippen LogP contribution in [0.15, 0.2) is 72.1 Å². The lowest BCUT2D eigenvalue weighted by molar-refractivity contribution is -0.133. The molecule has 2 heterocycles. The monoisotopic (exact) mass is 549 g/mol. The minimum atomic E-state index is -0.146. The number of thiophene rings is 1. The first-order valence-electron chi connectivity index (χ1n) is 13.8. The number of benzene rings is 2. The number of carbonyl (C=O) groups excluding carboxylic acids is 2. The summed E-state index contributed by atoms with van der Waals surface area (Å²) in [6, 6.07) is 21.3. The van der Waals surface area contributed by atoms with E-state index in [2.05, 4.69) is 11.8 Å². The molecule has 1 aromatic heterocycles. The predicted octanol–water partition coefficient (Wildman–Crippen LogP) is 4.93. The SMILES string of the molecule is CCCCOc1ccc(C(=O)N(CCN2CCOCC2)CC(=O)N(Cc2ccccc2)Cc2cccs2)cc1. The molecule has 1 fully saturated rings. The molecule has 0 radical (unpaired) electrons. The Balaban J connectivity index is 1.48. The Hall–Kier alpha value is -3.20. The molecule has 4 rings (SSSR count). The minimum Gasteiger partial charge on any atom is -0.494 e. The summed E-state index contributed by atoms with van der Waals surface area (Å²) in [5.74, 6) is 0.538. The van der Waals surface area contributed by atoms with E-state index >= 15 is 0 Å². The number of hydrogen-bond donors (Lipinski definition) is 0. The van der Waals surface area contributed by atoms with E-state index in [0.29, 0.717) is 51.6 Å². The van der Waals surface area contributed by atoms with Crippen molar-refractivity contribution in [1.29, 1.82) is 0 Å². The highest BCUT2D eigenvalue weighted by atomic mass is 32.1. The Morgan fingerprint density at radius 1 is 0.949 bits per heavy atom. The van der Waals surface area contributed by atoms with Gasteiger partial charge in [-0.15, -0.1) is 11.3 Å². The number of carbonyl (C=O) groups is 2. The van der Waals surface area contributed by atoms with Crippen molar-refractivity contribution >= 4 is 23.2 Å². The molecule has 1 saturated heterocycles. The smallest absolute Gasteiger partial charge is 0.254 e. The molecule has 0 N–H and O–H groups in total. The third-order valence-corrected chi connectivity index (χ3v) is 7.63. The van der Waals surface area contributed by atoms with E-state index in [1.54, 1.807) is 28.4 Å². The summed E-state index contributed by atoms with van der Waals surface area (Å²) in [4.78, 5) is 34.4. The largest absolute Gasteiger partial charge is 0.494 e. The Morgan fingerprint density at radius 2 is 1.72 bits per heavy atom. The van der Waals surface area contributed by atoms with Crippen LogP contribution in [0.2, 0.25) is 0 Å². The van der Waals surface area contributed by atoms with Gasteiger partial charge in [0.25, 0.3) is 5.91 Å². The second-order valence-corrected chi connectivity index (χ2v) is 10.8. The van der Waals surface area contributed by atoms with E-state index in [0.717, 1.165) is 42.1 Å². The van der Waals surface area contributed by atoms with Gasteiger partial charge in [0.05, 0.1) is 26.4 Å². The van der Waals surface area contributed by atoms with Crippen LogP contribution < -0.4 is 4.74 Å². The molecule has 2 amide bonds. The van der Waals surface area contributed by atoms with Crippen molar-refractivity contribution in [3.63, 3.8) is 0 Å². The Bertz CT molecular complexity index is 1130. The molecular formula is C31H39N3O4S. The lowest BCUT2D eigenvalue weighted by Crippen LogP contribution is -2.47. The number of unbranched alkanes of at least 4 members (excludes halogenated alkanes) is 1. The van der Waals surface area contributed by atoms with Gasteiger partial charge < -0.3 is 19.3 Å². The van der Waals surface area contributed by atoms with Gasteiger partial charge in [-0.05, 0) is 47.7 Å². The maximum Gasteiger partial charge on any atom is 0.254 e. The predicted molar refractivity (Wildman–Crippen MR) is 155 cm³/mol. The Kier molecular flexibility index (Phi) is 11.4. The molecule has 0 bridgehead atoms. The molecule has 0 spiro atoms. The quantitative estimate of drug-likeness (QED) is 0.267. The number of morpholine rings is 1. The average Bonchev–Trinajstić information content (AvgIpc) is 3.49. The van der Waals surface area contributed by atoms with Crippen molar-refractivity contribution in [2.75, 3.05) is 52.5 Å². The zero-order chi connectivity index (χ0) is 27.3. The van der Waals surface area contributed by atoms with Crippen LogP contribution in [0.25, 0.3) is 0 Å². The normalized spacial score (nSPS) is 13.7. The van der Waals surface area contributed by atoms with Gasteiger partial charge in [-0.2, -0.15) is 0 Å². The van der Waals surface area contributed by atoms with E-state index in [4.69, 9.17) is 9.47 Å². The molecule has 0 unspecified atom stereocenters. The van der Waals surface area contributed by atoms with E-state index in [1.165, 1.54) is 0 Å². The topological polar surface area (TPSA) is 62.3 Å². The summed E-state index contributed by atoms with van der Waals surface area (Å²) in [7, 11) is 0. The molecule has 8 heteroatoms. The summed E-state index contributed by atoms with van der Waals surface area (Å²) in [6.07, 6.45) is 2.06. The van der Waals surface area contributed by atoms with Crippen molar-refractivity contribution in [2.24, 2.45) is 0 Å². The highest BCUT2D eigenvalue weighted by molar-refractivity contribution is 7.09. The van der Waals surface area contributed by atoms with Crippen LogP contribution >= 0.6 is 11.3 Å². The molecule has 7 nitrogen and oxygen atoms in total. The summed E-state index contributed by atoms with van der Waals surface area (Å²) in [5, 5.41) is 2.02. The van der Waals surface area contributed by atoms with Gasteiger partial charge in [0.2, 0.25) is 5.91 Å². The molecule has 0 aliphatic carbocycles. The highest BCUT2D eigenvalue weighted by Crippen LogP contribution is 2.17. The van der Waals surface area contributed by atoms with Crippen LogP contribution in [-0.2, 0) is 22.6 Å². The summed E-state index contributed by atoms with van der Waals surface area (Å²) >= 11 is 1.63. The molecule has 208 valence electrons. The molecule has 3 aromatic rings. The summed E-state index contributed by atoms with van der Waals surface area (Å²) in [6.45, 7) is 8.03. The molecule has 0 atom stereocenters. The van der Waals surface area contributed by atoms with Gasteiger partial charge in [-0.25, -0.2) is 0 Å². The van der Waals surface area contributed by atoms with Crippen molar-refractivity contribution in [1.82, 2.24) is 14.7 Å². The Labute approximate surface area is 235 Å². The molecular weight excluding hydrogens is 510 g/mol. The number of rotatable bonds is 14. The van der Waals surface area contributed by atoms with Gasteiger partial charge in [0, 0.05) is 43.2 Å². The van der Waals surface area contributed by atoms with Gasteiger partial charge in [-0.3, -0.25) is 14.5 Å². The second-order valence-electron chi connectivity index (χ2n) is 9.72. The number of hydrogen-bond acceptors (Lipinski definition) is 6. The second kappa shape index (κ2) is 15.4. The standard InChI is InChI=1S/C31H39N3O4S/c1-2-3-19-38-28-13-11-27(12-14-28)31(36)33(16-15-32-17-20-37-21-18-32)25-30(35)34(24-29-10-7-22-39-29)23-26-8-5-4-6-9-26/h4-14,22H,2-3,15-21,23-25H2,1H3. The molecule has 39 heavy (non-hydrogen) atoms. The number of amides is 2. The van der Waals surface area contributed by atoms with Crippen molar-refractivity contribution < 1.29 is 19.1 Å². The number of nitrogens with zero attached hydrogens (tertiary/aromatic N) is 3. The average molecular weight is 550 g/mol. The van der Waals surface area contributed by atoms with Crippen LogP contribution in [0, 0.1) is 0 Å². The maximum atomic E-state index is 13.8. The third kappa shape index (κ3) is 9.20. The van der Waals surface area contributed by atoms with Gasteiger partial charge in [-0.1, -0.05) is 49.7 Å². The van der Waals surface area contributed by atoms with E-state index < -0.39 is 0 Å². The van der Waals surface area contributed by atoms with Gasteiger partial charge in [0.1, 0.15) is 12.3 Å². The van der Waals surface area contributed by atoms with Crippen LogP contribution in [0.5, 0.6) is 5.75 Å². The zero-order valence-corrected chi connectivity index (χ0v) is 23.6. The van der Waals surface area contributed by atoms with Crippen LogP contribution in [-0.4, -0.2) is 79.1 Å². The van der Waals surface area contributed by atoms with Crippen molar-refractivity contribution in [3.05, 3.63) is 88.1 Å². The molecule has 1 aliphatic heterocycles. The fourth-order valence-corrected chi connectivity index (χ4v) is 5.16. The maximum absolute atomic E-state index is 13.8. The summed E-state index contributed by atoms with van der Waals surface area (Å²) < 4.78 is 11.2. The number of ether oxygens (including phenoxy) is 2. The highest BCUT2D eigenvalue weighted by Gasteiger charge is 2.24. The van der Waals surface area contributed by atoms with Crippen LogP contribution in [0.1, 0.15) is 40.6 Å². The van der Waals surface area contributed by atoms with Crippen molar-refractivity contribution in [2.45, 2.75) is 32.9 Å². The fourth-order valence-electron chi connectivity index (χ4n) is 4.44. The molecule has 0 saturated carbocycles. The van der Waals surface area contributed by atoms with Crippen molar-refractivity contribution in [3.8, 4) is 5.75 Å². The third-order valence-electron chi connectivity index (χ3n) is 6.77. The molecule has 1 aliphatic rings. The minimum absolute atomic E-state index is 0.0239. The lowest BCUT2D eigenvalue weighted by Gasteiger charge is -2.31. The van der Waals surface area contributed by atoms with Gasteiger partial charge in [0.15, 0.2) is 0 Å².